The van der Waals surface area contributed by atoms with Crippen molar-refractivity contribution in [2.24, 2.45) is 0 Å². The van der Waals surface area contributed by atoms with Crippen LogP contribution in [0.2, 0.25) is 0 Å². The zero-order valence-electron chi connectivity index (χ0n) is 14.4. The molecule has 0 unspecified atom stereocenters. The average molecular weight is 359 g/mol. The summed E-state index contributed by atoms with van der Waals surface area (Å²) in [7, 11) is 1.51. The molecule has 24 heavy (non-hydrogen) atoms. The zero-order chi connectivity index (χ0) is 17.7. The second kappa shape index (κ2) is 8.37. The van der Waals surface area contributed by atoms with Gasteiger partial charge in [-0.15, -0.1) is 0 Å². The van der Waals surface area contributed by atoms with Gasteiger partial charge in [-0.1, -0.05) is 30.3 Å². The van der Waals surface area contributed by atoms with Gasteiger partial charge in [-0.2, -0.15) is 8.42 Å². The molecule has 1 aromatic carbocycles. The zero-order valence-corrected chi connectivity index (χ0v) is 15.2. The van der Waals surface area contributed by atoms with Gasteiger partial charge in [-0.3, -0.25) is 4.18 Å². The smallest absolute Gasteiger partial charge is 0.264 e. The minimum Gasteiger partial charge on any atom is -0.374 e. The van der Waals surface area contributed by atoms with Crippen LogP contribution in [0.15, 0.2) is 30.3 Å². The number of rotatable bonds is 8. The summed E-state index contributed by atoms with van der Waals surface area (Å²) >= 11 is 0. The fourth-order valence-electron chi connectivity index (χ4n) is 2.83. The number of benzene rings is 1. The standard InChI is InChI=1S/C16H25NO6S/c1-17(2)14-13(11-21-10-12-8-6-5-7-9-12)22-16(20-3)15(14)23-24(4,18)19/h5-9,13-16H,10-11H2,1-4H3/t13-,14+,15-,16+/m1/s1. The maximum absolute atomic E-state index is 11.5. The SMILES string of the molecule is CO[C@H]1O[C@H](COCc2ccccc2)[C@H](N(C)C)[C@H]1OS(C)(=O)=O. The lowest BCUT2D eigenvalue weighted by Crippen LogP contribution is -2.47. The van der Waals surface area contributed by atoms with Crippen LogP contribution in [0.4, 0.5) is 0 Å². The summed E-state index contributed by atoms with van der Waals surface area (Å²) in [6.07, 6.45) is -0.853. The van der Waals surface area contributed by atoms with Gasteiger partial charge in [0.15, 0.2) is 6.29 Å². The molecule has 2 rings (SSSR count). The Balaban J connectivity index is 2.02. The van der Waals surface area contributed by atoms with Crippen molar-refractivity contribution in [1.29, 1.82) is 0 Å². The lowest BCUT2D eigenvalue weighted by molar-refractivity contribution is -0.152. The first kappa shape index (κ1) is 19.3. The molecule has 4 atom stereocenters. The molecule has 8 heteroatoms. The molecular formula is C16H25NO6S. The van der Waals surface area contributed by atoms with Crippen molar-refractivity contribution >= 4 is 10.1 Å². The van der Waals surface area contributed by atoms with Crippen LogP contribution in [0, 0.1) is 0 Å². The van der Waals surface area contributed by atoms with Crippen molar-refractivity contribution in [3.05, 3.63) is 35.9 Å². The van der Waals surface area contributed by atoms with Crippen molar-refractivity contribution in [2.45, 2.75) is 31.1 Å². The van der Waals surface area contributed by atoms with Gasteiger partial charge < -0.3 is 19.1 Å². The first-order chi connectivity index (χ1) is 11.3. The molecule has 0 radical (unpaired) electrons. The summed E-state index contributed by atoms with van der Waals surface area (Å²) in [4.78, 5) is 1.87. The Morgan fingerprint density at radius 2 is 1.88 bits per heavy atom. The summed E-state index contributed by atoms with van der Waals surface area (Å²) in [5.74, 6) is 0. The van der Waals surface area contributed by atoms with E-state index in [0.29, 0.717) is 13.2 Å². The molecular weight excluding hydrogens is 334 g/mol. The van der Waals surface area contributed by atoms with E-state index in [0.717, 1.165) is 11.8 Å². The Labute approximate surface area is 143 Å². The van der Waals surface area contributed by atoms with Crippen LogP contribution in [-0.4, -0.2) is 71.9 Å². The van der Waals surface area contributed by atoms with E-state index >= 15 is 0 Å². The van der Waals surface area contributed by atoms with E-state index in [2.05, 4.69) is 0 Å². The minimum absolute atomic E-state index is 0.305. The first-order valence-electron chi connectivity index (χ1n) is 7.66. The number of hydrogen-bond donors (Lipinski definition) is 0. The molecule has 0 bridgehead atoms. The fourth-order valence-corrected chi connectivity index (χ4v) is 3.44. The van der Waals surface area contributed by atoms with Crippen LogP contribution in [0.5, 0.6) is 0 Å². The second-order valence-electron chi connectivity index (χ2n) is 6.00. The van der Waals surface area contributed by atoms with E-state index < -0.39 is 22.5 Å². The predicted molar refractivity (Wildman–Crippen MR) is 89.0 cm³/mol. The Kier molecular flexibility index (Phi) is 6.73. The van der Waals surface area contributed by atoms with Crippen LogP contribution in [-0.2, 0) is 35.1 Å². The van der Waals surface area contributed by atoms with Crippen LogP contribution in [0.1, 0.15) is 5.56 Å². The van der Waals surface area contributed by atoms with Crippen LogP contribution in [0.25, 0.3) is 0 Å². The van der Waals surface area contributed by atoms with Gasteiger partial charge in [-0.05, 0) is 19.7 Å². The van der Waals surface area contributed by atoms with Gasteiger partial charge in [0.05, 0.1) is 25.5 Å². The van der Waals surface area contributed by atoms with Crippen molar-refractivity contribution in [2.75, 3.05) is 34.1 Å². The molecule has 1 aromatic rings. The molecule has 0 aromatic heterocycles. The van der Waals surface area contributed by atoms with E-state index in [-0.39, 0.29) is 12.1 Å². The van der Waals surface area contributed by atoms with Crippen molar-refractivity contribution in [1.82, 2.24) is 4.90 Å². The topological polar surface area (TPSA) is 74.3 Å². The highest BCUT2D eigenvalue weighted by Crippen LogP contribution is 2.29. The molecule has 7 nitrogen and oxygen atoms in total. The summed E-state index contributed by atoms with van der Waals surface area (Å²) < 4.78 is 45.1. The molecule has 0 amide bonds. The van der Waals surface area contributed by atoms with Gasteiger partial charge in [0.1, 0.15) is 12.2 Å². The molecule has 0 N–H and O–H groups in total. The van der Waals surface area contributed by atoms with Gasteiger partial charge in [-0.25, -0.2) is 0 Å². The third-order valence-corrected chi connectivity index (χ3v) is 4.37. The largest absolute Gasteiger partial charge is 0.374 e. The molecule has 1 aliphatic rings. The highest BCUT2D eigenvalue weighted by Gasteiger charge is 2.48. The van der Waals surface area contributed by atoms with Gasteiger partial charge >= 0.3 is 0 Å². The molecule has 0 spiro atoms. The molecule has 1 fully saturated rings. The Morgan fingerprint density at radius 1 is 1.21 bits per heavy atom. The molecule has 0 aliphatic carbocycles. The number of likely N-dealkylation sites (N-methyl/N-ethyl adjacent to an activating group) is 1. The lowest BCUT2D eigenvalue weighted by Gasteiger charge is -2.28. The number of ether oxygens (including phenoxy) is 3. The second-order valence-corrected chi connectivity index (χ2v) is 7.60. The molecule has 1 saturated heterocycles. The van der Waals surface area contributed by atoms with E-state index in [1.54, 1.807) is 0 Å². The van der Waals surface area contributed by atoms with Crippen molar-refractivity contribution in [3.63, 3.8) is 0 Å². The number of hydrogen-bond acceptors (Lipinski definition) is 7. The predicted octanol–water partition coefficient (Wildman–Crippen LogP) is 0.849. The number of nitrogens with zero attached hydrogens (tertiary/aromatic N) is 1. The van der Waals surface area contributed by atoms with Gasteiger partial charge in [0, 0.05) is 7.11 Å². The van der Waals surface area contributed by atoms with Gasteiger partial charge in [0.2, 0.25) is 0 Å². The molecule has 1 aliphatic heterocycles. The fraction of sp³-hybridized carbons (Fsp3) is 0.625. The highest BCUT2D eigenvalue weighted by molar-refractivity contribution is 7.86. The van der Waals surface area contributed by atoms with Gasteiger partial charge in [0.25, 0.3) is 10.1 Å². The Morgan fingerprint density at radius 3 is 2.42 bits per heavy atom. The minimum atomic E-state index is -3.63. The van der Waals surface area contributed by atoms with Crippen LogP contribution in [0.3, 0.4) is 0 Å². The van der Waals surface area contributed by atoms with Crippen LogP contribution < -0.4 is 0 Å². The monoisotopic (exact) mass is 359 g/mol. The van der Waals surface area contributed by atoms with Crippen molar-refractivity contribution < 1.29 is 26.8 Å². The normalized spacial score (nSPS) is 27.7. The number of methoxy groups -OCH3 is 1. The highest BCUT2D eigenvalue weighted by atomic mass is 32.2. The van der Waals surface area contributed by atoms with E-state index in [9.17, 15) is 8.42 Å². The Bertz CT molecular complexity index is 606. The molecule has 0 saturated carbocycles. The molecule has 1 heterocycles. The summed E-state index contributed by atoms with van der Waals surface area (Å²) in [5.41, 5.74) is 1.06. The van der Waals surface area contributed by atoms with Crippen molar-refractivity contribution in [3.8, 4) is 0 Å². The maximum Gasteiger partial charge on any atom is 0.264 e. The summed E-state index contributed by atoms with van der Waals surface area (Å²) in [6.45, 7) is 0.761. The lowest BCUT2D eigenvalue weighted by atomic mass is 10.1. The van der Waals surface area contributed by atoms with E-state index in [1.807, 2.05) is 49.3 Å². The quantitative estimate of drug-likeness (QED) is 0.637. The molecule has 136 valence electrons. The third-order valence-electron chi connectivity index (χ3n) is 3.80. The summed E-state index contributed by atoms with van der Waals surface area (Å²) in [5, 5.41) is 0. The maximum atomic E-state index is 11.5. The van der Waals surface area contributed by atoms with Crippen LogP contribution >= 0.6 is 0 Å². The first-order valence-corrected chi connectivity index (χ1v) is 9.48. The Hall–Kier alpha value is -1.03. The summed E-state index contributed by atoms with van der Waals surface area (Å²) in [6, 6.07) is 9.50. The average Bonchev–Trinajstić information content (AvgIpc) is 2.84. The third kappa shape index (κ3) is 5.23. The van der Waals surface area contributed by atoms with E-state index in [1.165, 1.54) is 7.11 Å². The van der Waals surface area contributed by atoms with E-state index in [4.69, 9.17) is 18.4 Å².